The number of hydrogen-bond acceptors (Lipinski definition) is 3. The molecule has 1 aliphatic carbocycles. The molecule has 1 atom stereocenters. The Balaban J connectivity index is 1.01. The van der Waals surface area contributed by atoms with Crippen molar-refractivity contribution >= 4 is 94.1 Å². The molecule has 1 spiro atoms. The minimum absolute atomic E-state index is 0.534. The van der Waals surface area contributed by atoms with Crippen LogP contribution >= 0.6 is 11.8 Å². The lowest BCUT2D eigenvalue weighted by molar-refractivity contribution is 0.669. The third-order valence-electron chi connectivity index (χ3n) is 14.6. The molecular formula is C63H38N2OS. The minimum atomic E-state index is -0.534. The summed E-state index contributed by atoms with van der Waals surface area (Å²) in [6.45, 7) is 0. The molecule has 0 bridgehead atoms. The van der Waals surface area contributed by atoms with Crippen molar-refractivity contribution in [2.45, 2.75) is 15.2 Å². The number of nitrogens with zero attached hydrogens (tertiary/aromatic N) is 2. The van der Waals surface area contributed by atoms with Crippen molar-refractivity contribution in [1.29, 1.82) is 0 Å². The normalized spacial score (nSPS) is 14.9. The van der Waals surface area contributed by atoms with Crippen LogP contribution in [-0.4, -0.2) is 4.57 Å². The van der Waals surface area contributed by atoms with Crippen molar-refractivity contribution < 1.29 is 4.42 Å². The van der Waals surface area contributed by atoms with Crippen molar-refractivity contribution in [3.63, 3.8) is 0 Å². The van der Waals surface area contributed by atoms with Crippen LogP contribution in [0.25, 0.3) is 82.1 Å². The lowest BCUT2D eigenvalue weighted by Gasteiger charge is -2.46. The van der Waals surface area contributed by atoms with Gasteiger partial charge in [-0.05, 0) is 116 Å². The highest BCUT2D eigenvalue weighted by Crippen LogP contribution is 2.62. The summed E-state index contributed by atoms with van der Waals surface area (Å²) in [5.41, 5.74) is 15.8. The Labute approximate surface area is 390 Å². The molecule has 0 fully saturated rings. The van der Waals surface area contributed by atoms with E-state index in [1.54, 1.807) is 0 Å². The van der Waals surface area contributed by atoms with Crippen LogP contribution in [0.15, 0.2) is 245 Å². The molecule has 0 N–H and O–H groups in total. The molecular weight excluding hydrogens is 833 g/mol. The van der Waals surface area contributed by atoms with Gasteiger partial charge >= 0.3 is 0 Å². The van der Waals surface area contributed by atoms with Gasteiger partial charge in [0.1, 0.15) is 11.2 Å². The van der Waals surface area contributed by atoms with Gasteiger partial charge in [0.15, 0.2) is 0 Å². The van der Waals surface area contributed by atoms with Crippen LogP contribution in [0.4, 0.5) is 17.1 Å². The van der Waals surface area contributed by atoms with E-state index in [0.29, 0.717) is 0 Å². The molecule has 15 rings (SSSR count). The van der Waals surface area contributed by atoms with E-state index >= 15 is 0 Å². The maximum atomic E-state index is 6.59. The van der Waals surface area contributed by atoms with Gasteiger partial charge < -0.3 is 13.9 Å². The summed E-state index contributed by atoms with van der Waals surface area (Å²) < 4.78 is 9.03. The van der Waals surface area contributed by atoms with Gasteiger partial charge in [-0.1, -0.05) is 176 Å². The van der Waals surface area contributed by atoms with Crippen molar-refractivity contribution in [2.24, 2.45) is 0 Å². The first-order valence-corrected chi connectivity index (χ1v) is 23.8. The number of benzene rings is 11. The predicted molar refractivity (Wildman–Crippen MR) is 279 cm³/mol. The Morgan fingerprint density at radius 3 is 1.96 bits per heavy atom. The van der Waals surface area contributed by atoms with Crippen LogP contribution in [0.1, 0.15) is 22.3 Å². The summed E-state index contributed by atoms with van der Waals surface area (Å²) in [4.78, 5) is 4.98. The first kappa shape index (κ1) is 37.0. The fourth-order valence-electron chi connectivity index (χ4n) is 12.0. The van der Waals surface area contributed by atoms with Crippen LogP contribution in [0.3, 0.4) is 0 Å². The van der Waals surface area contributed by atoms with Crippen LogP contribution < -0.4 is 4.90 Å². The molecule has 67 heavy (non-hydrogen) atoms. The number of para-hydroxylation sites is 2. The summed E-state index contributed by atoms with van der Waals surface area (Å²) in [6.07, 6.45) is 0. The van der Waals surface area contributed by atoms with Crippen molar-refractivity contribution in [1.82, 2.24) is 4.57 Å². The van der Waals surface area contributed by atoms with Gasteiger partial charge in [-0.2, -0.15) is 0 Å². The third kappa shape index (κ3) is 5.03. The zero-order valence-corrected chi connectivity index (χ0v) is 37.0. The topological polar surface area (TPSA) is 21.3 Å². The highest BCUT2D eigenvalue weighted by Gasteiger charge is 2.48. The molecule has 0 radical (unpaired) electrons. The second kappa shape index (κ2) is 13.9. The predicted octanol–water partition coefficient (Wildman–Crippen LogP) is 17.3. The lowest BCUT2D eigenvalue weighted by Crippen LogP contribution is -2.36. The van der Waals surface area contributed by atoms with E-state index in [0.717, 1.165) is 44.5 Å². The Kier molecular flexibility index (Phi) is 7.64. The van der Waals surface area contributed by atoms with Crippen LogP contribution in [-0.2, 0) is 5.41 Å². The van der Waals surface area contributed by atoms with Crippen LogP contribution in [0.2, 0.25) is 0 Å². The Morgan fingerprint density at radius 1 is 0.388 bits per heavy atom. The quantitative estimate of drug-likeness (QED) is 0.176. The molecule has 2 aliphatic rings. The van der Waals surface area contributed by atoms with Crippen molar-refractivity contribution in [3.05, 3.63) is 253 Å². The Morgan fingerprint density at radius 2 is 1.01 bits per heavy atom. The number of aromatic nitrogens is 1. The van der Waals surface area contributed by atoms with Crippen LogP contribution in [0.5, 0.6) is 0 Å². The highest BCUT2D eigenvalue weighted by atomic mass is 32.2. The van der Waals surface area contributed by atoms with Gasteiger partial charge in [0.2, 0.25) is 0 Å². The number of hydrogen-bond donors (Lipinski definition) is 0. The minimum Gasteiger partial charge on any atom is -0.456 e. The van der Waals surface area contributed by atoms with E-state index in [2.05, 4.69) is 240 Å². The maximum absolute atomic E-state index is 6.59. The van der Waals surface area contributed by atoms with Gasteiger partial charge in [0.05, 0.1) is 33.2 Å². The van der Waals surface area contributed by atoms with E-state index in [1.165, 1.54) is 86.7 Å². The summed E-state index contributed by atoms with van der Waals surface area (Å²) in [5.74, 6) is 0. The fourth-order valence-corrected chi connectivity index (χ4v) is 13.2. The second-order valence-electron chi connectivity index (χ2n) is 17.9. The van der Waals surface area contributed by atoms with Gasteiger partial charge in [-0.15, -0.1) is 0 Å². The molecule has 3 nitrogen and oxygen atoms in total. The van der Waals surface area contributed by atoms with E-state index in [4.69, 9.17) is 4.42 Å². The largest absolute Gasteiger partial charge is 0.456 e. The molecule has 4 heteroatoms. The average Bonchev–Trinajstić information content (AvgIpc) is 3.93. The van der Waals surface area contributed by atoms with Crippen LogP contribution in [0, 0.1) is 0 Å². The van der Waals surface area contributed by atoms with Gasteiger partial charge in [-0.3, -0.25) is 0 Å². The molecule has 0 saturated heterocycles. The SMILES string of the molecule is c1ccc2c(c1)Sc1cc(N(c3ccc4c(c3)c3ccccc3n4-c3cccc4ccccc34)c3cccc4oc5ccccc5c34)ccc1C21c2ccccc2-c2cccc3cccc1c23. The van der Waals surface area contributed by atoms with E-state index in [-0.39, 0.29) is 0 Å². The van der Waals surface area contributed by atoms with Gasteiger partial charge in [-0.25, -0.2) is 0 Å². The number of anilines is 3. The van der Waals surface area contributed by atoms with E-state index < -0.39 is 5.41 Å². The zero-order valence-electron chi connectivity index (χ0n) is 36.2. The average molecular weight is 871 g/mol. The number of fused-ring (bicyclic) bond motifs is 15. The molecule has 13 aromatic rings. The highest BCUT2D eigenvalue weighted by molar-refractivity contribution is 7.99. The first-order chi connectivity index (χ1) is 33.2. The molecule has 312 valence electrons. The van der Waals surface area contributed by atoms with Crippen molar-refractivity contribution in [3.8, 4) is 16.8 Å². The van der Waals surface area contributed by atoms with E-state index in [9.17, 15) is 0 Å². The second-order valence-corrected chi connectivity index (χ2v) is 19.0. The Bertz CT molecular complexity index is 4220. The van der Waals surface area contributed by atoms with Crippen molar-refractivity contribution in [2.75, 3.05) is 4.90 Å². The summed E-state index contributed by atoms with van der Waals surface area (Å²) in [7, 11) is 0. The smallest absolute Gasteiger partial charge is 0.137 e. The molecule has 1 unspecified atom stereocenters. The molecule has 0 amide bonds. The fraction of sp³-hybridized carbons (Fsp3) is 0.0159. The standard InChI is InChI=1S/C63H38N2OS/c1-2-19-43-39(15-1)16-13-28-53(43)65-54-27-8-4-21-45(54)48-37-41(34-36-55(48)65)64(56-29-14-31-58-62(56)47-22-5-9-30-57(47)66-58)42-33-35-51-60(38-42)67-59-32-10-7-25-50(59)63(51)49-24-6-3-20-44(49)46-23-11-17-40-18-12-26-52(63)61(40)46/h1-38H. The van der Waals surface area contributed by atoms with Gasteiger partial charge in [0.25, 0.3) is 0 Å². The molecule has 11 aromatic carbocycles. The molecule has 2 aromatic heterocycles. The van der Waals surface area contributed by atoms with Gasteiger partial charge in [0, 0.05) is 42.7 Å². The monoisotopic (exact) mass is 870 g/mol. The maximum Gasteiger partial charge on any atom is 0.137 e. The molecule has 0 saturated carbocycles. The molecule has 3 heterocycles. The lowest BCUT2D eigenvalue weighted by atomic mass is 9.59. The third-order valence-corrected chi connectivity index (χ3v) is 15.7. The Hall–Kier alpha value is -8.31. The summed E-state index contributed by atoms with van der Waals surface area (Å²) in [5, 5.41) is 9.64. The zero-order chi connectivity index (χ0) is 43.8. The van der Waals surface area contributed by atoms with E-state index in [1.807, 2.05) is 11.8 Å². The molecule has 1 aliphatic heterocycles. The number of rotatable bonds is 4. The summed E-state index contributed by atoms with van der Waals surface area (Å²) >= 11 is 1.88. The first-order valence-electron chi connectivity index (χ1n) is 23.0. The summed E-state index contributed by atoms with van der Waals surface area (Å²) in [6, 6.07) is 85.2. The number of furan rings is 1.